The SMILES string of the molecule is CC1Cc2ccccc2N1C(=O)COc1cccc2cccnc12. The molecule has 1 aromatic heterocycles. The number of benzene rings is 2. The average Bonchev–Trinajstić information content (AvgIpc) is 2.95. The normalized spacial score (nSPS) is 16.2. The van der Waals surface area contributed by atoms with E-state index >= 15 is 0 Å². The molecule has 0 bridgehead atoms. The molecule has 0 radical (unpaired) electrons. The van der Waals surface area contributed by atoms with Gasteiger partial charge in [-0.05, 0) is 37.1 Å². The van der Waals surface area contributed by atoms with Crippen molar-refractivity contribution >= 4 is 22.5 Å². The zero-order valence-corrected chi connectivity index (χ0v) is 13.5. The van der Waals surface area contributed by atoms with Gasteiger partial charge in [-0.3, -0.25) is 9.78 Å². The van der Waals surface area contributed by atoms with Crippen LogP contribution in [-0.4, -0.2) is 23.5 Å². The highest BCUT2D eigenvalue weighted by Gasteiger charge is 2.30. The third-order valence-electron chi connectivity index (χ3n) is 4.42. The quantitative estimate of drug-likeness (QED) is 0.741. The summed E-state index contributed by atoms with van der Waals surface area (Å²) in [5.41, 5.74) is 2.99. The lowest BCUT2D eigenvalue weighted by Gasteiger charge is -2.22. The Morgan fingerprint density at radius 3 is 2.92 bits per heavy atom. The third kappa shape index (κ3) is 2.50. The van der Waals surface area contributed by atoms with Crippen molar-refractivity contribution in [1.82, 2.24) is 4.98 Å². The zero-order chi connectivity index (χ0) is 16.5. The van der Waals surface area contributed by atoms with Gasteiger partial charge in [0, 0.05) is 23.3 Å². The van der Waals surface area contributed by atoms with E-state index in [1.165, 1.54) is 5.56 Å². The van der Waals surface area contributed by atoms with Gasteiger partial charge in [0.1, 0.15) is 11.3 Å². The molecule has 1 atom stereocenters. The van der Waals surface area contributed by atoms with Crippen LogP contribution in [0.25, 0.3) is 10.9 Å². The number of fused-ring (bicyclic) bond motifs is 2. The van der Waals surface area contributed by atoms with Crippen LogP contribution in [0.2, 0.25) is 0 Å². The van der Waals surface area contributed by atoms with Crippen molar-refractivity contribution < 1.29 is 9.53 Å². The van der Waals surface area contributed by atoms with Crippen LogP contribution in [0, 0.1) is 0 Å². The van der Waals surface area contributed by atoms with Gasteiger partial charge >= 0.3 is 0 Å². The number of carbonyl (C=O) groups excluding carboxylic acids is 1. The maximum absolute atomic E-state index is 12.7. The van der Waals surface area contributed by atoms with E-state index in [4.69, 9.17) is 4.74 Å². The number of amides is 1. The molecule has 4 rings (SSSR count). The molecule has 1 unspecified atom stereocenters. The molecule has 3 aromatic rings. The Labute approximate surface area is 140 Å². The van der Waals surface area contributed by atoms with Crippen molar-refractivity contribution in [3.8, 4) is 5.75 Å². The second kappa shape index (κ2) is 5.96. The average molecular weight is 318 g/mol. The Hall–Kier alpha value is -2.88. The highest BCUT2D eigenvalue weighted by atomic mass is 16.5. The molecular weight excluding hydrogens is 300 g/mol. The number of pyridine rings is 1. The van der Waals surface area contributed by atoms with Gasteiger partial charge in [-0.1, -0.05) is 36.4 Å². The maximum atomic E-state index is 12.7. The second-order valence-corrected chi connectivity index (χ2v) is 6.07. The molecule has 0 spiro atoms. The Bertz CT molecular complexity index is 902. The minimum Gasteiger partial charge on any atom is -0.481 e. The van der Waals surface area contributed by atoms with E-state index < -0.39 is 0 Å². The summed E-state index contributed by atoms with van der Waals surface area (Å²) >= 11 is 0. The van der Waals surface area contributed by atoms with E-state index in [0.29, 0.717) is 5.75 Å². The van der Waals surface area contributed by atoms with Crippen LogP contribution >= 0.6 is 0 Å². The topological polar surface area (TPSA) is 42.4 Å². The first-order chi connectivity index (χ1) is 11.7. The number of nitrogens with zero attached hydrogens (tertiary/aromatic N) is 2. The van der Waals surface area contributed by atoms with Crippen LogP contribution in [-0.2, 0) is 11.2 Å². The molecule has 0 aliphatic carbocycles. The summed E-state index contributed by atoms with van der Waals surface area (Å²) in [5, 5.41) is 1.00. The molecule has 0 saturated heterocycles. The van der Waals surface area contributed by atoms with E-state index in [2.05, 4.69) is 18.0 Å². The highest BCUT2D eigenvalue weighted by Crippen LogP contribution is 2.32. The van der Waals surface area contributed by atoms with E-state index in [1.807, 2.05) is 53.4 Å². The van der Waals surface area contributed by atoms with Crippen LogP contribution in [0.4, 0.5) is 5.69 Å². The van der Waals surface area contributed by atoms with Crippen molar-refractivity contribution in [3.05, 3.63) is 66.4 Å². The van der Waals surface area contributed by atoms with Crippen molar-refractivity contribution in [1.29, 1.82) is 0 Å². The van der Waals surface area contributed by atoms with Gasteiger partial charge in [0.25, 0.3) is 5.91 Å². The fraction of sp³-hybridized carbons (Fsp3) is 0.200. The molecule has 1 aliphatic rings. The Morgan fingerprint density at radius 2 is 2.00 bits per heavy atom. The first-order valence-corrected chi connectivity index (χ1v) is 8.10. The molecular formula is C20H18N2O2. The van der Waals surface area contributed by atoms with E-state index in [9.17, 15) is 4.79 Å². The van der Waals surface area contributed by atoms with Gasteiger partial charge in [0.2, 0.25) is 0 Å². The van der Waals surface area contributed by atoms with Crippen molar-refractivity contribution in [3.63, 3.8) is 0 Å². The van der Waals surface area contributed by atoms with E-state index in [-0.39, 0.29) is 18.6 Å². The largest absolute Gasteiger partial charge is 0.481 e. The summed E-state index contributed by atoms with van der Waals surface area (Å²) in [6.07, 6.45) is 2.62. The predicted molar refractivity (Wildman–Crippen MR) is 94.3 cm³/mol. The monoisotopic (exact) mass is 318 g/mol. The summed E-state index contributed by atoms with van der Waals surface area (Å²) in [6, 6.07) is 17.8. The van der Waals surface area contributed by atoms with Crippen molar-refractivity contribution in [2.24, 2.45) is 0 Å². The van der Waals surface area contributed by atoms with Gasteiger partial charge < -0.3 is 9.64 Å². The summed E-state index contributed by atoms with van der Waals surface area (Å²) < 4.78 is 5.80. The lowest BCUT2D eigenvalue weighted by atomic mass is 10.1. The number of anilines is 1. The molecule has 1 amide bonds. The lowest BCUT2D eigenvalue weighted by Crippen LogP contribution is -2.39. The number of rotatable bonds is 3. The van der Waals surface area contributed by atoms with Gasteiger partial charge in [0.15, 0.2) is 6.61 Å². The van der Waals surface area contributed by atoms with Gasteiger partial charge in [-0.15, -0.1) is 0 Å². The number of para-hydroxylation sites is 2. The van der Waals surface area contributed by atoms with Crippen molar-refractivity contribution in [2.75, 3.05) is 11.5 Å². The Kier molecular flexibility index (Phi) is 3.65. The van der Waals surface area contributed by atoms with Crippen LogP contribution < -0.4 is 9.64 Å². The van der Waals surface area contributed by atoms with Crippen LogP contribution in [0.1, 0.15) is 12.5 Å². The predicted octanol–water partition coefficient (Wildman–Crippen LogP) is 3.59. The molecule has 2 aromatic carbocycles. The van der Waals surface area contributed by atoms with E-state index in [1.54, 1.807) is 6.20 Å². The number of aromatic nitrogens is 1. The number of hydrogen-bond donors (Lipinski definition) is 0. The lowest BCUT2D eigenvalue weighted by molar-refractivity contribution is -0.120. The first kappa shape index (κ1) is 14.7. The molecule has 1 aliphatic heterocycles. The molecule has 0 N–H and O–H groups in total. The van der Waals surface area contributed by atoms with Crippen molar-refractivity contribution in [2.45, 2.75) is 19.4 Å². The van der Waals surface area contributed by atoms with E-state index in [0.717, 1.165) is 23.0 Å². The third-order valence-corrected chi connectivity index (χ3v) is 4.42. The number of ether oxygens (including phenoxy) is 1. The van der Waals surface area contributed by atoms with Gasteiger partial charge in [0.05, 0.1) is 0 Å². The Balaban J connectivity index is 1.55. The summed E-state index contributed by atoms with van der Waals surface area (Å²) in [4.78, 5) is 18.9. The van der Waals surface area contributed by atoms with Gasteiger partial charge in [-0.2, -0.15) is 0 Å². The molecule has 0 fully saturated rings. The molecule has 4 nitrogen and oxygen atoms in total. The minimum atomic E-state index is -0.0274. The van der Waals surface area contributed by atoms with Crippen LogP contribution in [0.15, 0.2) is 60.8 Å². The molecule has 2 heterocycles. The second-order valence-electron chi connectivity index (χ2n) is 6.07. The summed E-state index contributed by atoms with van der Waals surface area (Å²) in [5.74, 6) is 0.613. The van der Waals surface area contributed by atoms with Crippen LogP contribution in [0.3, 0.4) is 0 Å². The minimum absolute atomic E-state index is 0.00830. The summed E-state index contributed by atoms with van der Waals surface area (Å²) in [7, 11) is 0. The summed E-state index contributed by atoms with van der Waals surface area (Å²) in [6.45, 7) is 2.08. The number of carbonyl (C=O) groups is 1. The number of hydrogen-bond acceptors (Lipinski definition) is 3. The molecule has 0 saturated carbocycles. The molecule has 24 heavy (non-hydrogen) atoms. The van der Waals surface area contributed by atoms with Gasteiger partial charge in [-0.25, -0.2) is 0 Å². The first-order valence-electron chi connectivity index (χ1n) is 8.10. The standard InChI is InChI=1S/C20H18N2O2/c1-14-12-16-6-2-3-9-17(16)22(14)19(23)13-24-18-10-4-7-15-8-5-11-21-20(15)18/h2-11,14H,12-13H2,1H3. The van der Waals surface area contributed by atoms with Crippen LogP contribution in [0.5, 0.6) is 5.75 Å². The highest BCUT2D eigenvalue weighted by molar-refractivity contribution is 5.97. The maximum Gasteiger partial charge on any atom is 0.265 e. The zero-order valence-electron chi connectivity index (χ0n) is 13.5. The smallest absolute Gasteiger partial charge is 0.265 e. The fourth-order valence-corrected chi connectivity index (χ4v) is 3.35. The fourth-order valence-electron chi connectivity index (χ4n) is 3.35. The molecule has 120 valence electrons. The molecule has 4 heteroatoms. The Morgan fingerprint density at radius 1 is 1.17 bits per heavy atom.